The fourth-order valence-corrected chi connectivity index (χ4v) is 1.38. The molecular weight excluding hydrogens is 218 g/mol. The van der Waals surface area contributed by atoms with E-state index in [9.17, 15) is 4.79 Å². The zero-order chi connectivity index (χ0) is 12.7. The Morgan fingerprint density at radius 3 is 2.82 bits per heavy atom. The molecule has 1 N–H and O–H groups in total. The first kappa shape index (κ1) is 13.5. The van der Waals surface area contributed by atoms with Gasteiger partial charge in [-0.05, 0) is 31.0 Å². The van der Waals surface area contributed by atoms with Crippen LogP contribution in [0.25, 0.3) is 0 Å². The van der Waals surface area contributed by atoms with E-state index >= 15 is 0 Å². The van der Waals surface area contributed by atoms with Crippen molar-refractivity contribution in [3.8, 4) is 5.75 Å². The van der Waals surface area contributed by atoms with Gasteiger partial charge in [-0.15, -0.1) is 0 Å². The summed E-state index contributed by atoms with van der Waals surface area (Å²) >= 11 is 0. The Morgan fingerprint density at radius 2 is 2.18 bits per heavy atom. The second-order valence-corrected chi connectivity index (χ2v) is 3.83. The molecule has 17 heavy (non-hydrogen) atoms. The monoisotopic (exact) mass is 237 g/mol. The van der Waals surface area contributed by atoms with E-state index < -0.39 is 0 Å². The highest BCUT2D eigenvalue weighted by Gasteiger charge is 2.07. The van der Waals surface area contributed by atoms with Crippen LogP contribution < -0.4 is 10.1 Å². The highest BCUT2D eigenvalue weighted by Crippen LogP contribution is 2.25. The molecule has 4 heteroatoms. The molecule has 0 radical (unpaired) electrons. The number of anilines is 1. The Hall–Kier alpha value is -1.55. The zero-order valence-corrected chi connectivity index (χ0v) is 10.6. The molecule has 0 aromatic heterocycles. The first-order valence-corrected chi connectivity index (χ1v) is 5.69. The first-order chi connectivity index (χ1) is 8.17. The summed E-state index contributed by atoms with van der Waals surface area (Å²) in [4.78, 5) is 11.4. The molecule has 0 heterocycles. The maximum atomic E-state index is 11.4. The Morgan fingerprint density at radius 1 is 1.41 bits per heavy atom. The third-order valence-corrected chi connectivity index (χ3v) is 2.15. The molecule has 1 aromatic carbocycles. The molecule has 0 spiro atoms. The van der Waals surface area contributed by atoms with Crippen molar-refractivity contribution in [3.63, 3.8) is 0 Å². The van der Waals surface area contributed by atoms with Crippen LogP contribution in [0.5, 0.6) is 5.75 Å². The highest BCUT2D eigenvalue weighted by molar-refractivity contribution is 5.93. The fraction of sp³-hybridized carbons (Fsp3) is 0.462. The molecule has 0 bridgehead atoms. The van der Waals surface area contributed by atoms with Gasteiger partial charge in [0.2, 0.25) is 5.91 Å². The van der Waals surface area contributed by atoms with Crippen LogP contribution in [0.2, 0.25) is 0 Å². The summed E-state index contributed by atoms with van der Waals surface area (Å²) in [6.45, 7) is 4.70. The van der Waals surface area contributed by atoms with Crippen molar-refractivity contribution in [2.45, 2.75) is 20.3 Å². The summed E-state index contributed by atoms with van der Waals surface area (Å²) in [5.41, 5.74) is 1.78. The predicted molar refractivity (Wildman–Crippen MR) is 67.5 cm³/mol. The van der Waals surface area contributed by atoms with E-state index in [1.807, 2.05) is 32.0 Å². The van der Waals surface area contributed by atoms with Crippen LogP contribution in [0, 0.1) is 6.92 Å². The molecule has 0 aliphatic carbocycles. The van der Waals surface area contributed by atoms with E-state index in [-0.39, 0.29) is 12.5 Å². The van der Waals surface area contributed by atoms with Gasteiger partial charge in [-0.2, -0.15) is 0 Å². The number of carbonyl (C=O) groups excluding carboxylic acids is 1. The quantitative estimate of drug-likeness (QED) is 0.826. The number of hydrogen-bond donors (Lipinski definition) is 1. The Bertz CT molecular complexity index is 377. The lowest BCUT2D eigenvalue weighted by molar-refractivity contribution is -0.119. The summed E-state index contributed by atoms with van der Waals surface area (Å²) < 4.78 is 10.4. The van der Waals surface area contributed by atoms with Gasteiger partial charge in [-0.3, -0.25) is 4.79 Å². The summed E-state index contributed by atoms with van der Waals surface area (Å²) in [5, 5.41) is 2.76. The van der Waals surface area contributed by atoms with E-state index in [4.69, 9.17) is 9.47 Å². The van der Waals surface area contributed by atoms with E-state index in [0.29, 0.717) is 18.0 Å². The largest absolute Gasteiger partial charge is 0.491 e. The van der Waals surface area contributed by atoms with Gasteiger partial charge < -0.3 is 14.8 Å². The first-order valence-electron chi connectivity index (χ1n) is 5.69. The minimum Gasteiger partial charge on any atom is -0.491 e. The summed E-state index contributed by atoms with van der Waals surface area (Å²) in [6, 6.07) is 5.69. The topological polar surface area (TPSA) is 47.6 Å². The van der Waals surface area contributed by atoms with Crippen molar-refractivity contribution < 1.29 is 14.3 Å². The van der Waals surface area contributed by atoms with Gasteiger partial charge in [-0.25, -0.2) is 0 Å². The van der Waals surface area contributed by atoms with Crippen LogP contribution in [0.3, 0.4) is 0 Å². The van der Waals surface area contributed by atoms with Gasteiger partial charge >= 0.3 is 0 Å². The van der Waals surface area contributed by atoms with E-state index in [1.54, 1.807) is 0 Å². The van der Waals surface area contributed by atoms with Gasteiger partial charge in [0.15, 0.2) is 0 Å². The number of aryl methyl sites for hydroxylation is 1. The van der Waals surface area contributed by atoms with Gasteiger partial charge in [0.05, 0.1) is 12.3 Å². The molecule has 0 saturated heterocycles. The second kappa shape index (κ2) is 6.91. The van der Waals surface area contributed by atoms with Crippen molar-refractivity contribution in [1.82, 2.24) is 0 Å². The average molecular weight is 237 g/mol. The van der Waals surface area contributed by atoms with Gasteiger partial charge in [-0.1, -0.05) is 13.0 Å². The standard InChI is InChI=1S/C13H19NO3/c1-4-7-17-12-8-10(2)5-6-11(12)14-13(15)9-16-3/h5-6,8H,4,7,9H2,1-3H3,(H,14,15). The van der Waals surface area contributed by atoms with E-state index in [1.165, 1.54) is 7.11 Å². The average Bonchev–Trinajstić information content (AvgIpc) is 2.30. The predicted octanol–water partition coefficient (Wildman–Crippen LogP) is 2.37. The lowest BCUT2D eigenvalue weighted by atomic mass is 10.2. The Labute approximate surface area is 102 Å². The molecule has 1 rings (SSSR count). The molecule has 0 saturated carbocycles. The molecule has 1 amide bonds. The van der Waals surface area contributed by atoms with Crippen LogP contribution in [-0.4, -0.2) is 26.2 Å². The number of carbonyl (C=O) groups is 1. The number of ether oxygens (including phenoxy) is 2. The molecule has 4 nitrogen and oxygen atoms in total. The lowest BCUT2D eigenvalue weighted by Gasteiger charge is -2.12. The minimum atomic E-state index is -0.183. The van der Waals surface area contributed by atoms with Crippen molar-refractivity contribution in [2.75, 3.05) is 25.6 Å². The number of rotatable bonds is 6. The van der Waals surface area contributed by atoms with Gasteiger partial charge in [0.1, 0.15) is 12.4 Å². The van der Waals surface area contributed by atoms with Crippen LogP contribution in [0.1, 0.15) is 18.9 Å². The normalized spacial score (nSPS) is 10.1. The maximum Gasteiger partial charge on any atom is 0.250 e. The third-order valence-electron chi connectivity index (χ3n) is 2.15. The molecule has 0 aliphatic heterocycles. The molecule has 0 atom stereocenters. The molecular formula is C13H19NO3. The van der Waals surface area contributed by atoms with Crippen LogP contribution in [0.4, 0.5) is 5.69 Å². The molecule has 0 aliphatic rings. The lowest BCUT2D eigenvalue weighted by Crippen LogP contribution is -2.17. The third kappa shape index (κ3) is 4.44. The zero-order valence-electron chi connectivity index (χ0n) is 10.6. The number of methoxy groups -OCH3 is 1. The molecule has 0 fully saturated rings. The van der Waals surface area contributed by atoms with E-state index in [0.717, 1.165) is 12.0 Å². The highest BCUT2D eigenvalue weighted by atomic mass is 16.5. The van der Waals surface area contributed by atoms with Crippen LogP contribution in [0.15, 0.2) is 18.2 Å². The minimum absolute atomic E-state index is 0.0428. The summed E-state index contributed by atoms with van der Waals surface area (Å²) in [6.07, 6.45) is 0.930. The second-order valence-electron chi connectivity index (χ2n) is 3.83. The number of nitrogens with one attached hydrogen (secondary N) is 1. The van der Waals surface area contributed by atoms with Crippen LogP contribution >= 0.6 is 0 Å². The van der Waals surface area contributed by atoms with Crippen molar-refractivity contribution in [3.05, 3.63) is 23.8 Å². The summed E-state index contributed by atoms with van der Waals surface area (Å²) in [5.74, 6) is 0.522. The fourth-order valence-electron chi connectivity index (χ4n) is 1.38. The van der Waals surface area contributed by atoms with Crippen molar-refractivity contribution in [1.29, 1.82) is 0 Å². The molecule has 94 valence electrons. The van der Waals surface area contributed by atoms with Crippen LogP contribution in [-0.2, 0) is 9.53 Å². The Balaban J connectivity index is 2.78. The Kier molecular flexibility index (Phi) is 5.49. The SMILES string of the molecule is CCCOc1cc(C)ccc1NC(=O)COC. The molecule has 0 unspecified atom stereocenters. The van der Waals surface area contributed by atoms with Crippen molar-refractivity contribution in [2.24, 2.45) is 0 Å². The number of benzene rings is 1. The number of amides is 1. The molecule has 1 aromatic rings. The summed E-state index contributed by atoms with van der Waals surface area (Å²) in [7, 11) is 1.49. The van der Waals surface area contributed by atoms with E-state index in [2.05, 4.69) is 5.32 Å². The van der Waals surface area contributed by atoms with Gasteiger partial charge in [0, 0.05) is 7.11 Å². The van der Waals surface area contributed by atoms with Crippen molar-refractivity contribution >= 4 is 11.6 Å². The number of hydrogen-bond acceptors (Lipinski definition) is 3. The smallest absolute Gasteiger partial charge is 0.250 e. The van der Waals surface area contributed by atoms with Gasteiger partial charge in [0.25, 0.3) is 0 Å². The maximum absolute atomic E-state index is 11.4.